The van der Waals surface area contributed by atoms with E-state index in [0.717, 1.165) is 6.20 Å². The first-order chi connectivity index (χ1) is 11.1. The normalized spacial score (nSPS) is 10.5. The first kappa shape index (κ1) is 14.9. The van der Waals surface area contributed by atoms with Crippen molar-refractivity contribution in [2.24, 2.45) is 0 Å². The van der Waals surface area contributed by atoms with Gasteiger partial charge in [-0.25, -0.2) is 24.0 Å². The molecule has 0 unspecified atom stereocenters. The summed E-state index contributed by atoms with van der Waals surface area (Å²) in [5, 5.41) is 2.33. The van der Waals surface area contributed by atoms with E-state index < -0.39 is 5.82 Å². The fourth-order valence-corrected chi connectivity index (χ4v) is 2.24. The summed E-state index contributed by atoms with van der Waals surface area (Å²) >= 11 is 5.68. The Kier molecular flexibility index (Phi) is 3.85. The zero-order valence-corrected chi connectivity index (χ0v) is 12.1. The monoisotopic (exact) mass is 334 g/mol. The Bertz CT molecular complexity index is 913. The number of amides is 2. The highest BCUT2D eigenvalue weighted by Crippen LogP contribution is 2.25. The van der Waals surface area contributed by atoms with Crippen LogP contribution in [0.5, 0.6) is 0 Å². The van der Waals surface area contributed by atoms with Gasteiger partial charge in [-0.3, -0.25) is 15.0 Å². The Morgan fingerprint density at radius 2 is 2.04 bits per heavy atom. The smallest absolute Gasteiger partial charge is 0.226 e. The average Bonchev–Trinajstić information content (AvgIpc) is 2.87. The van der Waals surface area contributed by atoms with Crippen molar-refractivity contribution in [2.45, 2.75) is 0 Å². The Morgan fingerprint density at radius 3 is 2.78 bits per heavy atom. The van der Waals surface area contributed by atoms with Crippen LogP contribution in [0, 0.1) is 5.82 Å². The van der Waals surface area contributed by atoms with E-state index >= 15 is 0 Å². The average molecular weight is 335 g/mol. The Morgan fingerprint density at radius 1 is 1.22 bits per heavy atom. The highest BCUT2D eigenvalue weighted by Gasteiger charge is 2.14. The van der Waals surface area contributed by atoms with Gasteiger partial charge in [0.2, 0.25) is 18.1 Å². The number of aromatic nitrogens is 4. The van der Waals surface area contributed by atoms with E-state index in [2.05, 4.69) is 25.7 Å². The Balaban J connectivity index is 2.17. The van der Waals surface area contributed by atoms with Crippen LogP contribution < -0.4 is 10.7 Å². The van der Waals surface area contributed by atoms with Crippen LogP contribution in [0.15, 0.2) is 24.4 Å². The van der Waals surface area contributed by atoms with E-state index in [9.17, 15) is 14.0 Å². The van der Waals surface area contributed by atoms with Crippen molar-refractivity contribution in [1.29, 1.82) is 0 Å². The molecule has 8 nitrogen and oxygen atoms in total. The predicted molar refractivity (Wildman–Crippen MR) is 80.8 cm³/mol. The minimum Gasteiger partial charge on any atom is -0.313 e. The molecular weight excluding hydrogens is 327 g/mol. The van der Waals surface area contributed by atoms with Crippen molar-refractivity contribution in [3.63, 3.8) is 0 Å². The zero-order valence-electron chi connectivity index (χ0n) is 11.3. The van der Waals surface area contributed by atoms with E-state index in [4.69, 9.17) is 11.6 Å². The van der Waals surface area contributed by atoms with Gasteiger partial charge in [0.15, 0.2) is 5.82 Å². The third-order valence-electron chi connectivity index (χ3n) is 3.00. The summed E-state index contributed by atoms with van der Waals surface area (Å²) in [7, 11) is 0. The number of nitrogens with one attached hydrogen (secondary N) is 2. The van der Waals surface area contributed by atoms with Crippen molar-refractivity contribution in [3.05, 3.63) is 35.5 Å². The number of hydrogen-bond donors (Lipinski definition) is 2. The maximum absolute atomic E-state index is 13.8. The Hall–Kier alpha value is -3.07. The molecule has 3 rings (SSSR count). The molecule has 0 aromatic carbocycles. The molecule has 0 fully saturated rings. The van der Waals surface area contributed by atoms with Gasteiger partial charge in [0.1, 0.15) is 11.5 Å². The molecule has 23 heavy (non-hydrogen) atoms. The lowest BCUT2D eigenvalue weighted by atomic mass is 10.2. The van der Waals surface area contributed by atoms with Crippen LogP contribution in [0.4, 0.5) is 10.2 Å². The standard InChI is InChI=1S/C13H8ClFN6O2/c14-13-16-4-7(15)12(20-13)8-1-2-10-9(19-8)3-11(17-5-22)21(10)18-6-23/h1-6H,(H,17,22)(H,18,23). The summed E-state index contributed by atoms with van der Waals surface area (Å²) in [6.07, 6.45) is 1.87. The first-order valence-corrected chi connectivity index (χ1v) is 6.63. The number of anilines is 1. The fraction of sp³-hybridized carbons (Fsp3) is 0. The van der Waals surface area contributed by atoms with E-state index in [0.29, 0.717) is 29.7 Å². The summed E-state index contributed by atoms with van der Waals surface area (Å²) in [6, 6.07) is 4.63. The highest BCUT2D eigenvalue weighted by atomic mass is 35.5. The van der Waals surface area contributed by atoms with Crippen LogP contribution in [0.2, 0.25) is 5.28 Å². The summed E-state index contributed by atoms with van der Waals surface area (Å²) in [5.41, 5.74) is 3.52. The molecule has 0 saturated carbocycles. The van der Waals surface area contributed by atoms with Crippen LogP contribution >= 0.6 is 11.6 Å². The molecular formula is C13H8ClFN6O2. The lowest BCUT2D eigenvalue weighted by molar-refractivity contribution is -0.106. The quantitative estimate of drug-likeness (QED) is 0.544. The largest absolute Gasteiger partial charge is 0.313 e. The molecule has 116 valence electrons. The van der Waals surface area contributed by atoms with Gasteiger partial charge in [0.25, 0.3) is 0 Å². The number of hydrogen-bond acceptors (Lipinski definition) is 5. The minimum absolute atomic E-state index is 0.0482. The molecule has 0 saturated heterocycles. The molecule has 0 aliphatic rings. The maximum Gasteiger partial charge on any atom is 0.226 e. The zero-order chi connectivity index (χ0) is 16.4. The van der Waals surface area contributed by atoms with Crippen LogP contribution in [0.3, 0.4) is 0 Å². The molecule has 10 heteroatoms. The molecule has 0 spiro atoms. The maximum atomic E-state index is 13.8. The second-order valence-corrected chi connectivity index (χ2v) is 4.65. The molecule has 3 heterocycles. The van der Waals surface area contributed by atoms with Gasteiger partial charge in [-0.1, -0.05) is 0 Å². The summed E-state index contributed by atoms with van der Waals surface area (Å²) in [4.78, 5) is 33.0. The number of nitrogens with zero attached hydrogens (tertiary/aromatic N) is 4. The van der Waals surface area contributed by atoms with Crippen LogP contribution in [0.1, 0.15) is 0 Å². The molecule has 0 radical (unpaired) electrons. The minimum atomic E-state index is -0.669. The number of halogens is 2. The predicted octanol–water partition coefficient (Wildman–Crippen LogP) is 1.55. The van der Waals surface area contributed by atoms with Gasteiger partial charge in [0.05, 0.1) is 22.9 Å². The van der Waals surface area contributed by atoms with Crippen LogP contribution in [0.25, 0.3) is 22.4 Å². The SMILES string of the molecule is O=CNc1cc2nc(-c3nc(Cl)ncc3F)ccc2n1NC=O. The summed E-state index contributed by atoms with van der Waals surface area (Å²) < 4.78 is 15.2. The third kappa shape index (κ3) is 2.69. The summed E-state index contributed by atoms with van der Waals surface area (Å²) in [6.45, 7) is 0. The van der Waals surface area contributed by atoms with Crippen molar-refractivity contribution in [1.82, 2.24) is 19.6 Å². The topological polar surface area (TPSA) is 102 Å². The number of fused-ring (bicyclic) bond motifs is 1. The first-order valence-electron chi connectivity index (χ1n) is 6.25. The van der Waals surface area contributed by atoms with Gasteiger partial charge in [-0.15, -0.1) is 0 Å². The Labute approximate surface area is 133 Å². The molecule has 3 aromatic heterocycles. The lowest BCUT2D eigenvalue weighted by Crippen LogP contribution is -2.15. The van der Waals surface area contributed by atoms with Gasteiger partial charge in [-0.2, -0.15) is 0 Å². The van der Waals surface area contributed by atoms with E-state index in [1.54, 1.807) is 6.07 Å². The van der Waals surface area contributed by atoms with Gasteiger partial charge in [-0.05, 0) is 23.7 Å². The van der Waals surface area contributed by atoms with Crippen molar-refractivity contribution in [2.75, 3.05) is 10.7 Å². The van der Waals surface area contributed by atoms with Gasteiger partial charge < -0.3 is 5.32 Å². The van der Waals surface area contributed by atoms with Crippen molar-refractivity contribution >= 4 is 41.3 Å². The molecule has 2 N–H and O–H groups in total. The van der Waals surface area contributed by atoms with Crippen LogP contribution in [-0.2, 0) is 9.59 Å². The van der Waals surface area contributed by atoms with Gasteiger partial charge in [0, 0.05) is 6.07 Å². The van der Waals surface area contributed by atoms with E-state index in [-0.39, 0.29) is 16.7 Å². The van der Waals surface area contributed by atoms with Gasteiger partial charge >= 0.3 is 0 Å². The van der Waals surface area contributed by atoms with E-state index in [1.165, 1.54) is 16.8 Å². The lowest BCUT2D eigenvalue weighted by Gasteiger charge is -2.07. The molecule has 2 amide bonds. The number of carbonyl (C=O) groups is 2. The third-order valence-corrected chi connectivity index (χ3v) is 3.19. The molecule has 3 aromatic rings. The molecule has 0 atom stereocenters. The van der Waals surface area contributed by atoms with Crippen molar-refractivity contribution in [3.8, 4) is 11.4 Å². The van der Waals surface area contributed by atoms with Crippen molar-refractivity contribution < 1.29 is 14.0 Å². The fourth-order valence-electron chi connectivity index (χ4n) is 2.10. The number of carbonyl (C=O) groups excluding carboxylic acids is 2. The summed E-state index contributed by atoms with van der Waals surface area (Å²) in [5.74, 6) is -0.370. The molecule has 0 bridgehead atoms. The second kappa shape index (κ2) is 5.97. The van der Waals surface area contributed by atoms with Crippen LogP contribution in [-0.4, -0.2) is 32.4 Å². The number of pyridine rings is 1. The second-order valence-electron chi connectivity index (χ2n) is 4.31. The number of rotatable bonds is 5. The molecule has 0 aliphatic carbocycles. The highest BCUT2D eigenvalue weighted by molar-refractivity contribution is 6.28. The molecule has 0 aliphatic heterocycles. The van der Waals surface area contributed by atoms with E-state index in [1.807, 2.05) is 0 Å².